The molecule has 70 valence electrons. The van der Waals surface area contributed by atoms with Crippen molar-refractivity contribution in [1.29, 1.82) is 0 Å². The molecule has 1 aromatic carbocycles. The lowest BCUT2D eigenvalue weighted by Gasteiger charge is -2.32. The monoisotopic (exact) mass is 261 g/mol. The lowest BCUT2D eigenvalue weighted by Crippen LogP contribution is -2.43. The number of hydrogen-bond acceptors (Lipinski definition) is 2. The molecule has 1 aliphatic heterocycles. The summed E-state index contributed by atoms with van der Waals surface area (Å²) in [5.41, 5.74) is 0. The van der Waals surface area contributed by atoms with E-state index in [9.17, 15) is 4.39 Å². The van der Waals surface area contributed by atoms with E-state index >= 15 is 0 Å². The van der Waals surface area contributed by atoms with E-state index in [1.54, 1.807) is 11.9 Å². The summed E-state index contributed by atoms with van der Waals surface area (Å²) in [5.74, 6) is 0. The summed E-state index contributed by atoms with van der Waals surface area (Å²) < 4.78 is 15.6. The van der Waals surface area contributed by atoms with Crippen LogP contribution >= 0.6 is 27.9 Å². The summed E-state index contributed by atoms with van der Waals surface area (Å²) in [5, 5.41) is 0. The number of hydrogen-bond donors (Lipinski definition) is 0. The summed E-state index contributed by atoms with van der Waals surface area (Å²) in [6.07, 6.45) is -0.622. The standard InChI is InChI=1S/C9H9BrFNS/c10-7-1-3-9(4-2-7)13-12-5-8(11)6-12/h1-4,8H,5-6H2. The molecule has 0 radical (unpaired) electrons. The third kappa shape index (κ3) is 2.45. The molecule has 2 rings (SSSR count). The molecule has 0 unspecified atom stereocenters. The highest BCUT2D eigenvalue weighted by molar-refractivity contribution is 9.10. The lowest BCUT2D eigenvalue weighted by molar-refractivity contribution is 0.153. The second kappa shape index (κ2) is 3.98. The van der Waals surface area contributed by atoms with Gasteiger partial charge in [0.2, 0.25) is 0 Å². The first-order chi connectivity index (χ1) is 6.24. The Morgan fingerprint density at radius 1 is 1.31 bits per heavy atom. The van der Waals surface area contributed by atoms with Gasteiger partial charge in [-0.1, -0.05) is 15.9 Å². The van der Waals surface area contributed by atoms with E-state index in [-0.39, 0.29) is 0 Å². The molecule has 1 aromatic rings. The predicted molar refractivity (Wildman–Crippen MR) is 56.5 cm³/mol. The van der Waals surface area contributed by atoms with Crippen LogP contribution in [-0.4, -0.2) is 23.6 Å². The zero-order valence-electron chi connectivity index (χ0n) is 6.91. The normalized spacial score (nSPS) is 18.6. The number of alkyl halides is 1. The first kappa shape index (κ1) is 9.49. The Bertz CT molecular complexity index is 284. The summed E-state index contributed by atoms with van der Waals surface area (Å²) in [7, 11) is 0. The van der Waals surface area contributed by atoms with Crippen LogP contribution < -0.4 is 0 Å². The fourth-order valence-corrected chi connectivity index (χ4v) is 2.40. The van der Waals surface area contributed by atoms with E-state index in [1.807, 2.05) is 28.6 Å². The highest BCUT2D eigenvalue weighted by Gasteiger charge is 2.26. The van der Waals surface area contributed by atoms with Crippen molar-refractivity contribution in [2.24, 2.45) is 0 Å². The molecule has 0 atom stereocenters. The van der Waals surface area contributed by atoms with Crippen molar-refractivity contribution in [3.05, 3.63) is 28.7 Å². The maximum Gasteiger partial charge on any atom is 0.127 e. The molecule has 1 fully saturated rings. The molecule has 0 bridgehead atoms. The van der Waals surface area contributed by atoms with Gasteiger partial charge < -0.3 is 0 Å². The Morgan fingerprint density at radius 3 is 2.46 bits per heavy atom. The molecule has 0 spiro atoms. The molecule has 1 saturated heterocycles. The van der Waals surface area contributed by atoms with Gasteiger partial charge >= 0.3 is 0 Å². The molecule has 13 heavy (non-hydrogen) atoms. The smallest absolute Gasteiger partial charge is 0.127 e. The summed E-state index contributed by atoms with van der Waals surface area (Å²) in [4.78, 5) is 1.16. The van der Waals surface area contributed by atoms with Gasteiger partial charge in [0, 0.05) is 22.5 Å². The Kier molecular flexibility index (Phi) is 2.91. The second-order valence-electron chi connectivity index (χ2n) is 2.99. The Balaban J connectivity index is 1.91. The molecule has 0 N–H and O–H groups in total. The molecule has 0 aliphatic carbocycles. The van der Waals surface area contributed by atoms with Crippen molar-refractivity contribution in [3.8, 4) is 0 Å². The minimum atomic E-state index is -0.622. The highest BCUT2D eigenvalue weighted by Crippen LogP contribution is 2.29. The first-order valence-electron chi connectivity index (χ1n) is 4.06. The van der Waals surface area contributed by atoms with Gasteiger partial charge in [-0.3, -0.25) is 0 Å². The average Bonchev–Trinajstić information content (AvgIpc) is 2.06. The molecular weight excluding hydrogens is 253 g/mol. The number of benzene rings is 1. The van der Waals surface area contributed by atoms with Crippen molar-refractivity contribution in [2.45, 2.75) is 11.1 Å². The van der Waals surface area contributed by atoms with Gasteiger partial charge in [-0.05, 0) is 36.2 Å². The Hall–Kier alpha value is -0.0600. The topological polar surface area (TPSA) is 3.24 Å². The van der Waals surface area contributed by atoms with Gasteiger partial charge in [-0.25, -0.2) is 8.70 Å². The lowest BCUT2D eigenvalue weighted by atomic mass is 10.3. The number of halogens is 2. The third-order valence-electron chi connectivity index (χ3n) is 1.85. The van der Waals surface area contributed by atoms with Crippen molar-refractivity contribution >= 4 is 27.9 Å². The quantitative estimate of drug-likeness (QED) is 0.753. The maximum absolute atomic E-state index is 12.5. The average molecular weight is 262 g/mol. The van der Waals surface area contributed by atoms with Crippen molar-refractivity contribution in [1.82, 2.24) is 4.31 Å². The third-order valence-corrected chi connectivity index (χ3v) is 3.42. The van der Waals surface area contributed by atoms with E-state index < -0.39 is 6.17 Å². The molecule has 4 heteroatoms. The van der Waals surface area contributed by atoms with Gasteiger partial charge in [-0.2, -0.15) is 0 Å². The van der Waals surface area contributed by atoms with E-state index in [0.29, 0.717) is 13.1 Å². The summed E-state index contributed by atoms with van der Waals surface area (Å²) in [6.45, 7) is 1.11. The largest absolute Gasteiger partial charge is 0.245 e. The van der Waals surface area contributed by atoms with Gasteiger partial charge in [0.1, 0.15) is 6.17 Å². The zero-order chi connectivity index (χ0) is 9.26. The van der Waals surface area contributed by atoms with Gasteiger partial charge in [0.25, 0.3) is 0 Å². The van der Waals surface area contributed by atoms with Crippen LogP contribution in [-0.2, 0) is 0 Å². The molecule has 0 aromatic heterocycles. The van der Waals surface area contributed by atoms with E-state index in [1.165, 1.54) is 0 Å². The van der Waals surface area contributed by atoms with Crippen LogP contribution in [0.25, 0.3) is 0 Å². The second-order valence-corrected chi connectivity index (χ2v) is 5.08. The highest BCUT2D eigenvalue weighted by atomic mass is 79.9. The van der Waals surface area contributed by atoms with Crippen LogP contribution in [0.4, 0.5) is 4.39 Å². The summed E-state index contributed by atoms with van der Waals surface area (Å²) >= 11 is 4.98. The molecule has 1 nitrogen and oxygen atoms in total. The zero-order valence-corrected chi connectivity index (χ0v) is 9.31. The van der Waals surface area contributed by atoms with Crippen LogP contribution in [0.2, 0.25) is 0 Å². The Morgan fingerprint density at radius 2 is 1.92 bits per heavy atom. The van der Waals surface area contributed by atoms with Crippen LogP contribution in [0.15, 0.2) is 33.6 Å². The number of rotatable bonds is 2. The van der Waals surface area contributed by atoms with Gasteiger partial charge in [0.15, 0.2) is 0 Å². The van der Waals surface area contributed by atoms with Crippen LogP contribution in [0.1, 0.15) is 0 Å². The van der Waals surface area contributed by atoms with E-state index in [0.717, 1.165) is 9.37 Å². The minimum Gasteiger partial charge on any atom is -0.245 e. The van der Waals surface area contributed by atoms with Crippen molar-refractivity contribution in [3.63, 3.8) is 0 Å². The Labute approximate surface area is 89.6 Å². The van der Waals surface area contributed by atoms with E-state index in [2.05, 4.69) is 15.9 Å². The molecule has 0 saturated carbocycles. The SMILES string of the molecule is FC1CN(Sc2ccc(Br)cc2)C1. The fraction of sp³-hybridized carbons (Fsp3) is 0.333. The number of nitrogens with zero attached hydrogens (tertiary/aromatic N) is 1. The summed E-state index contributed by atoms with van der Waals surface area (Å²) in [6, 6.07) is 8.05. The van der Waals surface area contributed by atoms with Crippen LogP contribution in [0.3, 0.4) is 0 Å². The molecule has 0 amide bonds. The molecular formula is C9H9BrFNS. The fourth-order valence-electron chi connectivity index (χ4n) is 1.11. The van der Waals surface area contributed by atoms with Crippen molar-refractivity contribution < 1.29 is 4.39 Å². The van der Waals surface area contributed by atoms with Crippen molar-refractivity contribution in [2.75, 3.05) is 13.1 Å². The first-order valence-corrected chi connectivity index (χ1v) is 5.63. The van der Waals surface area contributed by atoms with Gasteiger partial charge in [-0.15, -0.1) is 0 Å². The van der Waals surface area contributed by atoms with Crippen LogP contribution in [0, 0.1) is 0 Å². The van der Waals surface area contributed by atoms with Gasteiger partial charge in [0.05, 0.1) is 0 Å². The van der Waals surface area contributed by atoms with Crippen LogP contribution in [0.5, 0.6) is 0 Å². The predicted octanol–water partition coefficient (Wildman–Crippen LogP) is 3.11. The van der Waals surface area contributed by atoms with E-state index in [4.69, 9.17) is 0 Å². The molecule has 1 heterocycles. The maximum atomic E-state index is 12.5. The molecule has 1 aliphatic rings. The minimum absolute atomic E-state index is 0.556.